The van der Waals surface area contributed by atoms with Crippen LogP contribution in [0.4, 0.5) is 5.69 Å². The number of anilines is 1. The second-order valence-corrected chi connectivity index (χ2v) is 9.29. The fourth-order valence-electron chi connectivity index (χ4n) is 3.33. The Morgan fingerprint density at radius 1 is 0.971 bits per heavy atom. The van der Waals surface area contributed by atoms with E-state index < -0.39 is 0 Å². The summed E-state index contributed by atoms with van der Waals surface area (Å²) < 4.78 is 16.0. The van der Waals surface area contributed by atoms with E-state index >= 15 is 0 Å². The first-order valence-corrected chi connectivity index (χ1v) is 12.4. The number of benzene rings is 2. The van der Waals surface area contributed by atoms with Crippen molar-refractivity contribution in [3.8, 4) is 38.4 Å². The smallest absolute Gasteiger partial charge is 0.234 e. The Balaban J connectivity index is 1.42. The number of rotatable bonds is 9. The van der Waals surface area contributed by atoms with E-state index in [1.807, 2.05) is 43.3 Å². The van der Waals surface area contributed by atoms with E-state index in [1.54, 1.807) is 50.9 Å². The van der Waals surface area contributed by atoms with E-state index in [-0.39, 0.29) is 11.7 Å². The summed E-state index contributed by atoms with van der Waals surface area (Å²) in [5.41, 5.74) is 3.09. The Labute approximate surface area is 211 Å². The quantitative estimate of drug-likeness (QED) is 0.303. The average molecular weight is 509 g/mol. The molecule has 0 aliphatic rings. The van der Waals surface area contributed by atoms with Crippen molar-refractivity contribution in [2.75, 3.05) is 32.4 Å². The third kappa shape index (κ3) is 5.72. The lowest BCUT2D eigenvalue weighted by Gasteiger charge is -2.11. The number of hydrogen-bond donors (Lipinski definition) is 1. The van der Waals surface area contributed by atoms with E-state index in [0.29, 0.717) is 22.2 Å². The first-order chi connectivity index (χ1) is 17.0. The van der Waals surface area contributed by atoms with Crippen LogP contribution in [0.15, 0.2) is 59.6 Å². The number of thioether (sulfide) groups is 1. The summed E-state index contributed by atoms with van der Waals surface area (Å²) in [6, 6.07) is 16.8. The Bertz CT molecular complexity index is 1330. The van der Waals surface area contributed by atoms with Gasteiger partial charge in [0.15, 0.2) is 0 Å². The van der Waals surface area contributed by atoms with Gasteiger partial charge in [0, 0.05) is 6.07 Å². The molecule has 0 spiro atoms. The fourth-order valence-corrected chi connectivity index (χ4v) is 5.00. The number of para-hydroxylation sites is 1. The molecule has 35 heavy (non-hydrogen) atoms. The first-order valence-electron chi connectivity index (χ1n) is 10.6. The van der Waals surface area contributed by atoms with E-state index in [2.05, 4.69) is 15.5 Å². The second kappa shape index (κ2) is 11.2. The molecule has 0 radical (unpaired) electrons. The molecule has 0 saturated carbocycles. The lowest BCUT2D eigenvalue weighted by molar-refractivity contribution is -0.113. The van der Waals surface area contributed by atoms with Gasteiger partial charge in [0.2, 0.25) is 5.91 Å². The number of ether oxygens (including phenoxy) is 3. The molecule has 1 N–H and O–H groups in total. The van der Waals surface area contributed by atoms with Crippen LogP contribution in [0.1, 0.15) is 5.69 Å². The molecule has 8 nitrogen and oxygen atoms in total. The Kier molecular flexibility index (Phi) is 7.84. The highest BCUT2D eigenvalue weighted by Crippen LogP contribution is 2.38. The van der Waals surface area contributed by atoms with Gasteiger partial charge >= 0.3 is 0 Å². The van der Waals surface area contributed by atoms with Gasteiger partial charge in [0.25, 0.3) is 0 Å². The summed E-state index contributed by atoms with van der Waals surface area (Å²) in [6.45, 7) is 1.95. The second-order valence-electron chi connectivity index (χ2n) is 7.29. The van der Waals surface area contributed by atoms with E-state index in [1.165, 1.54) is 11.8 Å². The third-order valence-electron chi connectivity index (χ3n) is 5.04. The zero-order valence-corrected chi connectivity index (χ0v) is 21.3. The standard InChI is InChI=1S/C25H24N4O4S2/c1-15-24(35-25(26-15)17-7-5-6-8-20(17)32-3)18-10-12-23(29-28-18)34-14-22(30)27-19-13-16(31-2)9-11-21(19)33-4/h5-13H,14H2,1-4H3,(H,27,30). The number of aryl methyl sites for hydroxylation is 1. The SMILES string of the molecule is COc1ccc(OC)c(NC(=O)CSc2ccc(-c3sc(-c4ccccc4OC)nc3C)nn2)c1. The van der Waals surface area contributed by atoms with Crippen LogP contribution in [0.3, 0.4) is 0 Å². The van der Waals surface area contributed by atoms with Gasteiger partial charge in [-0.25, -0.2) is 4.98 Å². The fraction of sp³-hybridized carbons (Fsp3) is 0.200. The summed E-state index contributed by atoms with van der Waals surface area (Å²) in [7, 11) is 4.77. The number of hydrogen-bond acceptors (Lipinski definition) is 9. The van der Waals surface area contributed by atoms with Gasteiger partial charge in [-0.15, -0.1) is 21.5 Å². The number of carbonyl (C=O) groups is 1. The number of methoxy groups -OCH3 is 3. The van der Waals surface area contributed by atoms with Crippen LogP contribution in [0.5, 0.6) is 17.2 Å². The number of amides is 1. The molecule has 1 amide bonds. The van der Waals surface area contributed by atoms with Crippen LogP contribution in [0, 0.1) is 6.92 Å². The normalized spacial score (nSPS) is 10.6. The van der Waals surface area contributed by atoms with Gasteiger partial charge < -0.3 is 19.5 Å². The molecule has 2 aromatic heterocycles. The van der Waals surface area contributed by atoms with Crippen molar-refractivity contribution in [2.24, 2.45) is 0 Å². The minimum absolute atomic E-state index is 0.173. The lowest BCUT2D eigenvalue weighted by atomic mass is 10.2. The number of thiazole rings is 1. The molecule has 4 aromatic rings. The van der Waals surface area contributed by atoms with Gasteiger partial charge in [-0.3, -0.25) is 4.79 Å². The Hall–Kier alpha value is -3.63. The van der Waals surface area contributed by atoms with Crippen LogP contribution < -0.4 is 19.5 Å². The molecular formula is C25H24N4O4S2. The molecule has 0 aliphatic heterocycles. The van der Waals surface area contributed by atoms with Crippen LogP contribution in [-0.2, 0) is 4.79 Å². The maximum atomic E-state index is 12.5. The van der Waals surface area contributed by atoms with Crippen LogP contribution in [-0.4, -0.2) is 48.2 Å². The van der Waals surface area contributed by atoms with Crippen molar-refractivity contribution in [1.82, 2.24) is 15.2 Å². The molecule has 0 saturated heterocycles. The minimum Gasteiger partial charge on any atom is -0.497 e. The number of aromatic nitrogens is 3. The first kappa shape index (κ1) is 24.5. The Morgan fingerprint density at radius 2 is 1.77 bits per heavy atom. The van der Waals surface area contributed by atoms with E-state index in [4.69, 9.17) is 19.2 Å². The monoisotopic (exact) mass is 508 g/mol. The van der Waals surface area contributed by atoms with E-state index in [9.17, 15) is 4.79 Å². The van der Waals surface area contributed by atoms with Crippen LogP contribution in [0.25, 0.3) is 21.1 Å². The summed E-state index contributed by atoms with van der Waals surface area (Å²) in [6.07, 6.45) is 0. The molecule has 4 rings (SSSR count). The molecule has 2 aromatic carbocycles. The van der Waals surface area contributed by atoms with Gasteiger partial charge in [0.1, 0.15) is 33.0 Å². The minimum atomic E-state index is -0.188. The summed E-state index contributed by atoms with van der Waals surface area (Å²) in [5, 5.41) is 13.0. The zero-order valence-electron chi connectivity index (χ0n) is 19.7. The molecule has 0 bridgehead atoms. The highest BCUT2D eigenvalue weighted by atomic mass is 32.2. The highest BCUT2D eigenvalue weighted by molar-refractivity contribution is 7.99. The molecule has 0 unspecified atom stereocenters. The predicted molar refractivity (Wildman–Crippen MR) is 139 cm³/mol. The van der Waals surface area contributed by atoms with Crippen molar-refractivity contribution in [1.29, 1.82) is 0 Å². The number of carbonyl (C=O) groups excluding carboxylic acids is 1. The number of nitrogens with one attached hydrogen (secondary N) is 1. The molecular weight excluding hydrogens is 484 g/mol. The largest absolute Gasteiger partial charge is 0.497 e. The van der Waals surface area contributed by atoms with Gasteiger partial charge in [-0.2, -0.15) is 0 Å². The summed E-state index contributed by atoms with van der Waals surface area (Å²) >= 11 is 2.84. The van der Waals surface area contributed by atoms with Gasteiger partial charge in [-0.05, 0) is 43.3 Å². The van der Waals surface area contributed by atoms with Crippen molar-refractivity contribution in [3.63, 3.8) is 0 Å². The molecule has 2 heterocycles. The maximum absolute atomic E-state index is 12.5. The molecule has 0 atom stereocenters. The summed E-state index contributed by atoms with van der Waals surface area (Å²) in [4.78, 5) is 18.1. The zero-order chi connectivity index (χ0) is 24.8. The van der Waals surface area contributed by atoms with Crippen LogP contribution >= 0.6 is 23.1 Å². The van der Waals surface area contributed by atoms with Gasteiger partial charge in [0.05, 0.1) is 48.9 Å². The van der Waals surface area contributed by atoms with Crippen LogP contribution in [0.2, 0.25) is 0 Å². The lowest BCUT2D eigenvalue weighted by Crippen LogP contribution is -2.15. The third-order valence-corrected chi connectivity index (χ3v) is 7.17. The predicted octanol–water partition coefficient (Wildman–Crippen LogP) is 5.33. The van der Waals surface area contributed by atoms with E-state index in [0.717, 1.165) is 32.6 Å². The van der Waals surface area contributed by atoms with Crippen molar-refractivity contribution < 1.29 is 19.0 Å². The molecule has 10 heteroatoms. The molecule has 0 aliphatic carbocycles. The van der Waals surface area contributed by atoms with Crippen molar-refractivity contribution in [3.05, 3.63) is 60.3 Å². The maximum Gasteiger partial charge on any atom is 0.234 e. The highest BCUT2D eigenvalue weighted by Gasteiger charge is 2.16. The van der Waals surface area contributed by atoms with Crippen molar-refractivity contribution >= 4 is 34.7 Å². The van der Waals surface area contributed by atoms with Gasteiger partial charge in [-0.1, -0.05) is 23.9 Å². The number of nitrogens with zero attached hydrogens (tertiary/aromatic N) is 3. The average Bonchev–Trinajstić information content (AvgIpc) is 3.28. The summed E-state index contributed by atoms with van der Waals surface area (Å²) in [5.74, 6) is 1.94. The Morgan fingerprint density at radius 3 is 2.49 bits per heavy atom. The topological polar surface area (TPSA) is 95.5 Å². The molecule has 0 fully saturated rings. The molecule has 180 valence electrons. The van der Waals surface area contributed by atoms with Crippen molar-refractivity contribution in [2.45, 2.75) is 11.9 Å².